The highest BCUT2D eigenvalue weighted by molar-refractivity contribution is 5.76. The van der Waals surface area contributed by atoms with E-state index in [1.54, 1.807) is 0 Å². The number of rotatable bonds is 6. The van der Waals surface area contributed by atoms with Crippen LogP contribution in [0.25, 0.3) is 0 Å². The summed E-state index contributed by atoms with van der Waals surface area (Å²) >= 11 is 0. The Bertz CT molecular complexity index is 334. The Hall–Kier alpha value is -0.570. The summed E-state index contributed by atoms with van der Waals surface area (Å²) in [6.07, 6.45) is 14.2. The first-order valence-corrected chi connectivity index (χ1v) is 9.31. The van der Waals surface area contributed by atoms with Crippen LogP contribution in [0.4, 0.5) is 0 Å². The van der Waals surface area contributed by atoms with E-state index >= 15 is 0 Å². The topological polar surface area (TPSA) is 32.3 Å². The minimum atomic E-state index is 0.293. The highest BCUT2D eigenvalue weighted by Gasteiger charge is 2.26. The molecule has 1 aliphatic heterocycles. The summed E-state index contributed by atoms with van der Waals surface area (Å²) in [7, 11) is 0. The van der Waals surface area contributed by atoms with Gasteiger partial charge in [0.15, 0.2) is 0 Å². The van der Waals surface area contributed by atoms with Crippen molar-refractivity contribution >= 4 is 5.91 Å². The Morgan fingerprint density at radius 1 is 0.952 bits per heavy atom. The highest BCUT2D eigenvalue weighted by atomic mass is 16.1. The van der Waals surface area contributed by atoms with E-state index in [0.717, 1.165) is 24.7 Å². The highest BCUT2D eigenvalue weighted by Crippen LogP contribution is 2.27. The minimum Gasteiger partial charge on any atom is -0.353 e. The summed E-state index contributed by atoms with van der Waals surface area (Å²) in [5.74, 6) is 2.00. The largest absolute Gasteiger partial charge is 0.353 e. The van der Waals surface area contributed by atoms with Gasteiger partial charge in [-0.25, -0.2) is 0 Å². The molecule has 0 aromatic carbocycles. The fourth-order valence-electron chi connectivity index (χ4n) is 4.15. The van der Waals surface area contributed by atoms with Crippen molar-refractivity contribution in [1.82, 2.24) is 10.2 Å². The Morgan fingerprint density at radius 3 is 2.48 bits per heavy atom. The third-order valence-electron chi connectivity index (χ3n) is 5.57. The molecular formula is C18H32N2O. The summed E-state index contributed by atoms with van der Waals surface area (Å²) in [6.45, 7) is 3.86. The van der Waals surface area contributed by atoms with Crippen LogP contribution in [0, 0.1) is 11.8 Å². The Morgan fingerprint density at radius 2 is 1.71 bits per heavy atom. The molecule has 0 unspecified atom stereocenters. The Labute approximate surface area is 129 Å². The molecule has 0 aromatic rings. The van der Waals surface area contributed by atoms with Crippen LogP contribution in [0.5, 0.6) is 0 Å². The normalized spacial score (nSPS) is 28.5. The maximum atomic E-state index is 11.8. The fraction of sp³-hybridized carbons (Fsp3) is 0.944. The first-order valence-electron chi connectivity index (χ1n) is 9.31. The van der Waals surface area contributed by atoms with Crippen LogP contribution in [0.2, 0.25) is 0 Å². The molecule has 1 saturated heterocycles. The van der Waals surface area contributed by atoms with E-state index in [-0.39, 0.29) is 0 Å². The molecule has 3 nitrogen and oxygen atoms in total. The van der Waals surface area contributed by atoms with Gasteiger partial charge in [-0.15, -0.1) is 0 Å². The molecule has 0 radical (unpaired) electrons. The molecular weight excluding hydrogens is 260 g/mol. The molecule has 21 heavy (non-hydrogen) atoms. The molecule has 0 aromatic heterocycles. The molecule has 0 bridgehead atoms. The lowest BCUT2D eigenvalue weighted by Gasteiger charge is -2.36. The zero-order valence-corrected chi connectivity index (χ0v) is 13.5. The van der Waals surface area contributed by atoms with Crippen molar-refractivity contribution in [3.05, 3.63) is 0 Å². The van der Waals surface area contributed by atoms with Gasteiger partial charge >= 0.3 is 0 Å². The van der Waals surface area contributed by atoms with Crippen molar-refractivity contribution < 1.29 is 4.79 Å². The lowest BCUT2D eigenvalue weighted by atomic mass is 9.87. The van der Waals surface area contributed by atoms with Crippen molar-refractivity contribution in [2.75, 3.05) is 19.6 Å². The van der Waals surface area contributed by atoms with Crippen LogP contribution in [-0.4, -0.2) is 36.5 Å². The summed E-state index contributed by atoms with van der Waals surface area (Å²) in [6, 6.07) is 0.520. The van der Waals surface area contributed by atoms with E-state index in [0.29, 0.717) is 11.9 Å². The van der Waals surface area contributed by atoms with Gasteiger partial charge in [0.2, 0.25) is 5.91 Å². The van der Waals surface area contributed by atoms with E-state index < -0.39 is 0 Å². The second-order valence-electron chi connectivity index (χ2n) is 7.65. The number of hydrogen-bond acceptors (Lipinski definition) is 2. The number of carbonyl (C=O) groups excluding carboxylic acids is 1. The fourth-order valence-corrected chi connectivity index (χ4v) is 4.15. The van der Waals surface area contributed by atoms with Crippen molar-refractivity contribution in [1.29, 1.82) is 0 Å². The summed E-state index contributed by atoms with van der Waals surface area (Å²) in [4.78, 5) is 14.5. The van der Waals surface area contributed by atoms with E-state index in [2.05, 4.69) is 10.2 Å². The average molecular weight is 292 g/mol. The van der Waals surface area contributed by atoms with Gasteiger partial charge in [-0.2, -0.15) is 0 Å². The molecule has 3 aliphatic rings. The Balaban J connectivity index is 1.34. The predicted molar refractivity (Wildman–Crippen MR) is 86.1 cm³/mol. The van der Waals surface area contributed by atoms with Gasteiger partial charge in [0, 0.05) is 25.6 Å². The standard InChI is InChI=1S/C18H32N2O/c21-18(19-17-9-10-17)11-8-16-7-4-12-20(14-16)13-15-5-2-1-3-6-15/h15-17H,1-14H2,(H,19,21)/t16-/m1/s1. The van der Waals surface area contributed by atoms with Gasteiger partial charge < -0.3 is 10.2 Å². The van der Waals surface area contributed by atoms with Crippen LogP contribution in [-0.2, 0) is 4.79 Å². The van der Waals surface area contributed by atoms with Crippen LogP contribution in [0.3, 0.4) is 0 Å². The van der Waals surface area contributed by atoms with Crippen molar-refractivity contribution in [2.24, 2.45) is 11.8 Å². The van der Waals surface area contributed by atoms with Crippen LogP contribution in [0.1, 0.15) is 70.6 Å². The molecule has 3 fully saturated rings. The van der Waals surface area contributed by atoms with Crippen LogP contribution >= 0.6 is 0 Å². The summed E-state index contributed by atoms with van der Waals surface area (Å²) in [5.41, 5.74) is 0. The van der Waals surface area contributed by atoms with E-state index in [9.17, 15) is 4.79 Å². The van der Waals surface area contributed by atoms with Gasteiger partial charge in [0.25, 0.3) is 0 Å². The second-order valence-corrected chi connectivity index (χ2v) is 7.65. The van der Waals surface area contributed by atoms with Gasteiger partial charge in [0.1, 0.15) is 0 Å². The van der Waals surface area contributed by atoms with Crippen molar-refractivity contribution in [3.63, 3.8) is 0 Å². The van der Waals surface area contributed by atoms with Gasteiger partial charge in [-0.3, -0.25) is 4.79 Å². The zero-order valence-electron chi connectivity index (χ0n) is 13.5. The number of nitrogens with one attached hydrogen (secondary N) is 1. The lowest BCUT2D eigenvalue weighted by Crippen LogP contribution is -2.39. The molecule has 120 valence electrons. The van der Waals surface area contributed by atoms with Gasteiger partial charge in [-0.1, -0.05) is 19.3 Å². The third kappa shape index (κ3) is 5.28. The number of amides is 1. The number of carbonyl (C=O) groups is 1. The maximum Gasteiger partial charge on any atom is 0.220 e. The van der Waals surface area contributed by atoms with Crippen LogP contribution in [0.15, 0.2) is 0 Å². The second kappa shape index (κ2) is 7.62. The molecule has 1 atom stereocenters. The minimum absolute atomic E-state index is 0.293. The van der Waals surface area contributed by atoms with Crippen LogP contribution < -0.4 is 5.32 Å². The molecule has 1 heterocycles. The number of piperidine rings is 1. The lowest BCUT2D eigenvalue weighted by molar-refractivity contribution is -0.121. The first-order chi connectivity index (χ1) is 10.3. The molecule has 0 spiro atoms. The van der Waals surface area contributed by atoms with Crippen molar-refractivity contribution in [3.8, 4) is 0 Å². The SMILES string of the molecule is O=C(CC[C@H]1CCCN(CC2CCCCC2)C1)NC1CC1. The monoisotopic (exact) mass is 292 g/mol. The number of likely N-dealkylation sites (tertiary alicyclic amines) is 1. The molecule has 2 aliphatic carbocycles. The third-order valence-corrected chi connectivity index (χ3v) is 5.57. The average Bonchev–Trinajstić information content (AvgIpc) is 3.31. The molecule has 2 saturated carbocycles. The number of hydrogen-bond donors (Lipinski definition) is 1. The maximum absolute atomic E-state index is 11.8. The first kappa shape index (κ1) is 15.3. The molecule has 3 rings (SSSR count). The quantitative estimate of drug-likeness (QED) is 0.814. The molecule has 1 N–H and O–H groups in total. The van der Waals surface area contributed by atoms with E-state index in [1.807, 2.05) is 0 Å². The summed E-state index contributed by atoms with van der Waals surface area (Å²) < 4.78 is 0. The molecule has 1 amide bonds. The summed E-state index contributed by atoms with van der Waals surface area (Å²) in [5, 5.41) is 3.12. The number of nitrogens with zero attached hydrogens (tertiary/aromatic N) is 1. The van der Waals surface area contributed by atoms with Gasteiger partial charge in [-0.05, 0) is 63.3 Å². The molecule has 3 heteroatoms. The van der Waals surface area contributed by atoms with E-state index in [4.69, 9.17) is 0 Å². The van der Waals surface area contributed by atoms with Crippen molar-refractivity contribution in [2.45, 2.75) is 76.7 Å². The van der Waals surface area contributed by atoms with Gasteiger partial charge in [0.05, 0.1) is 0 Å². The smallest absolute Gasteiger partial charge is 0.220 e. The predicted octanol–water partition coefficient (Wildman–Crippen LogP) is 3.34. The Kier molecular flexibility index (Phi) is 5.56. The zero-order chi connectivity index (χ0) is 14.5. The van der Waals surface area contributed by atoms with E-state index in [1.165, 1.54) is 77.4 Å².